The third kappa shape index (κ3) is 6.76. The zero-order valence-electron chi connectivity index (χ0n) is 25.4. The van der Waals surface area contributed by atoms with Crippen LogP contribution in [0.3, 0.4) is 0 Å². The molecule has 3 heterocycles. The van der Waals surface area contributed by atoms with E-state index in [1.54, 1.807) is 6.92 Å². The number of fused-ring (bicyclic) bond motifs is 1. The largest absolute Gasteiger partial charge is 0.378 e. The first-order valence-corrected chi connectivity index (χ1v) is 15.6. The first kappa shape index (κ1) is 30.4. The number of anilines is 2. The molecule has 226 valence electrons. The first-order chi connectivity index (χ1) is 20.1. The molecule has 0 aliphatic carbocycles. The topological polar surface area (TPSA) is 67.4 Å². The highest BCUT2D eigenvalue weighted by Crippen LogP contribution is 2.33. The summed E-state index contributed by atoms with van der Waals surface area (Å²) in [7, 11) is 3.98. The van der Waals surface area contributed by atoms with Crippen molar-refractivity contribution in [3.63, 3.8) is 0 Å². The minimum absolute atomic E-state index is 0.0736. The van der Waals surface area contributed by atoms with Crippen molar-refractivity contribution in [3.8, 4) is 0 Å². The number of rotatable bonds is 8. The standard InChI is InChI=1S/C33H44ClN5O3/c1-23-9-10-30(18-31(23)34)39(33(42)25-11-15-37(16-12-25)24(2)40)14-6-13-36-19-27-21-38(22-28(27)20-36)32(41)26-7-5-8-29(17-26)35(3)4/h5,7-10,17-18,25,27-28H,6,11-16,19-22H2,1-4H3. The molecule has 3 aliphatic heterocycles. The monoisotopic (exact) mass is 593 g/mol. The number of hydrogen-bond acceptors (Lipinski definition) is 5. The van der Waals surface area contributed by atoms with Gasteiger partial charge in [0.2, 0.25) is 11.8 Å². The van der Waals surface area contributed by atoms with Crippen LogP contribution in [0.25, 0.3) is 0 Å². The van der Waals surface area contributed by atoms with Gasteiger partial charge in [0.15, 0.2) is 0 Å². The van der Waals surface area contributed by atoms with Gasteiger partial charge in [-0.15, -0.1) is 0 Å². The molecule has 0 N–H and O–H groups in total. The average Bonchev–Trinajstić information content (AvgIpc) is 3.55. The van der Waals surface area contributed by atoms with Gasteiger partial charge in [-0.25, -0.2) is 0 Å². The summed E-state index contributed by atoms with van der Waals surface area (Å²) in [6, 6.07) is 13.7. The van der Waals surface area contributed by atoms with Gasteiger partial charge in [-0.05, 0) is 80.5 Å². The second-order valence-corrected chi connectivity index (χ2v) is 12.9. The molecule has 3 aliphatic rings. The lowest BCUT2D eigenvalue weighted by molar-refractivity contribution is -0.133. The Hall–Kier alpha value is -3.10. The van der Waals surface area contributed by atoms with Gasteiger partial charge in [0.05, 0.1) is 0 Å². The van der Waals surface area contributed by atoms with Crippen molar-refractivity contribution in [1.29, 1.82) is 0 Å². The van der Waals surface area contributed by atoms with Crippen LogP contribution < -0.4 is 9.80 Å². The second kappa shape index (κ2) is 13.0. The summed E-state index contributed by atoms with van der Waals surface area (Å²) in [4.78, 5) is 49.1. The Kier molecular flexibility index (Phi) is 9.43. The highest BCUT2D eigenvalue weighted by molar-refractivity contribution is 6.31. The fourth-order valence-electron chi connectivity index (χ4n) is 6.77. The Balaban J connectivity index is 1.16. The summed E-state index contributed by atoms with van der Waals surface area (Å²) in [6.45, 7) is 9.94. The molecule has 42 heavy (non-hydrogen) atoms. The maximum absolute atomic E-state index is 13.8. The van der Waals surface area contributed by atoms with Gasteiger partial charge in [-0.1, -0.05) is 23.7 Å². The number of aryl methyl sites for hydroxylation is 1. The Morgan fingerprint density at radius 3 is 2.21 bits per heavy atom. The van der Waals surface area contributed by atoms with Gasteiger partial charge in [-0.2, -0.15) is 0 Å². The van der Waals surface area contributed by atoms with E-state index in [4.69, 9.17) is 11.6 Å². The lowest BCUT2D eigenvalue weighted by Gasteiger charge is -2.34. The molecular formula is C33H44ClN5O3. The van der Waals surface area contributed by atoms with Crippen LogP contribution >= 0.6 is 11.6 Å². The molecule has 2 aromatic rings. The summed E-state index contributed by atoms with van der Waals surface area (Å²) in [5, 5.41) is 0.664. The van der Waals surface area contributed by atoms with E-state index in [0.717, 1.165) is 61.6 Å². The number of halogens is 1. The van der Waals surface area contributed by atoms with Crippen molar-refractivity contribution < 1.29 is 14.4 Å². The van der Waals surface area contributed by atoms with Crippen molar-refractivity contribution in [2.75, 3.05) is 76.3 Å². The lowest BCUT2D eigenvalue weighted by atomic mass is 9.94. The zero-order valence-corrected chi connectivity index (χ0v) is 26.1. The zero-order chi connectivity index (χ0) is 30.0. The summed E-state index contributed by atoms with van der Waals surface area (Å²) >= 11 is 6.47. The Morgan fingerprint density at radius 2 is 1.60 bits per heavy atom. The number of carbonyl (C=O) groups excluding carboxylic acids is 3. The van der Waals surface area contributed by atoms with E-state index >= 15 is 0 Å². The van der Waals surface area contributed by atoms with E-state index in [0.29, 0.717) is 49.3 Å². The minimum Gasteiger partial charge on any atom is -0.378 e. The van der Waals surface area contributed by atoms with Crippen molar-refractivity contribution in [1.82, 2.24) is 14.7 Å². The molecule has 0 spiro atoms. The maximum atomic E-state index is 13.8. The van der Waals surface area contributed by atoms with Crippen LogP contribution in [-0.4, -0.2) is 98.9 Å². The molecule has 2 aromatic carbocycles. The molecule has 0 bridgehead atoms. The predicted molar refractivity (Wildman–Crippen MR) is 168 cm³/mol. The molecule has 0 radical (unpaired) electrons. The van der Waals surface area contributed by atoms with Crippen LogP contribution in [0, 0.1) is 24.7 Å². The van der Waals surface area contributed by atoms with Gasteiger partial charge >= 0.3 is 0 Å². The number of piperidine rings is 1. The molecule has 3 fully saturated rings. The molecule has 9 heteroatoms. The SMILES string of the molecule is CC(=O)N1CCC(C(=O)N(CCCN2CC3CN(C(=O)c4cccc(N(C)C)c4)CC3C2)c2ccc(C)c(Cl)c2)CC1. The molecule has 2 atom stereocenters. The van der Waals surface area contributed by atoms with Crippen LogP contribution in [0.1, 0.15) is 42.1 Å². The van der Waals surface area contributed by atoms with Crippen LogP contribution in [-0.2, 0) is 9.59 Å². The fourth-order valence-corrected chi connectivity index (χ4v) is 6.94. The number of amides is 3. The van der Waals surface area contributed by atoms with E-state index < -0.39 is 0 Å². The predicted octanol–water partition coefficient (Wildman–Crippen LogP) is 4.40. The highest BCUT2D eigenvalue weighted by Gasteiger charge is 2.41. The van der Waals surface area contributed by atoms with Gasteiger partial charge in [0.1, 0.15) is 0 Å². The first-order valence-electron chi connectivity index (χ1n) is 15.2. The van der Waals surface area contributed by atoms with Crippen LogP contribution in [0.5, 0.6) is 0 Å². The van der Waals surface area contributed by atoms with Crippen LogP contribution in [0.2, 0.25) is 5.02 Å². The van der Waals surface area contributed by atoms with Gasteiger partial charge in [0.25, 0.3) is 5.91 Å². The van der Waals surface area contributed by atoms with Gasteiger partial charge < -0.3 is 24.5 Å². The summed E-state index contributed by atoms with van der Waals surface area (Å²) in [5.74, 6) is 1.22. The van der Waals surface area contributed by atoms with E-state index in [2.05, 4.69) is 4.90 Å². The minimum atomic E-state index is -0.0891. The summed E-state index contributed by atoms with van der Waals surface area (Å²) < 4.78 is 0. The van der Waals surface area contributed by atoms with Crippen molar-refractivity contribution >= 4 is 40.7 Å². The fraction of sp³-hybridized carbons (Fsp3) is 0.545. The molecule has 0 saturated carbocycles. The van der Waals surface area contributed by atoms with Gasteiger partial charge in [0, 0.05) is 94.7 Å². The van der Waals surface area contributed by atoms with E-state index in [1.165, 1.54) is 0 Å². The van der Waals surface area contributed by atoms with E-state index in [1.807, 2.05) is 83.1 Å². The van der Waals surface area contributed by atoms with E-state index in [-0.39, 0.29) is 23.6 Å². The van der Waals surface area contributed by atoms with Crippen molar-refractivity contribution in [2.45, 2.75) is 33.1 Å². The molecular weight excluding hydrogens is 550 g/mol. The Bertz CT molecular complexity index is 1290. The highest BCUT2D eigenvalue weighted by atomic mass is 35.5. The van der Waals surface area contributed by atoms with Gasteiger partial charge in [-0.3, -0.25) is 14.4 Å². The average molecular weight is 594 g/mol. The van der Waals surface area contributed by atoms with Crippen molar-refractivity contribution in [2.24, 2.45) is 17.8 Å². The number of likely N-dealkylation sites (tertiary alicyclic amines) is 3. The maximum Gasteiger partial charge on any atom is 0.253 e. The lowest BCUT2D eigenvalue weighted by Crippen LogP contribution is -2.44. The molecule has 0 aromatic heterocycles. The molecule has 3 saturated heterocycles. The second-order valence-electron chi connectivity index (χ2n) is 12.5. The molecule has 5 rings (SSSR count). The van der Waals surface area contributed by atoms with E-state index in [9.17, 15) is 14.4 Å². The number of nitrogens with zero attached hydrogens (tertiary/aromatic N) is 5. The van der Waals surface area contributed by atoms with Crippen LogP contribution in [0.4, 0.5) is 11.4 Å². The molecule has 2 unspecified atom stereocenters. The van der Waals surface area contributed by atoms with Crippen LogP contribution in [0.15, 0.2) is 42.5 Å². The summed E-state index contributed by atoms with van der Waals surface area (Å²) in [5.41, 5.74) is 3.62. The van der Waals surface area contributed by atoms with Crippen molar-refractivity contribution in [3.05, 3.63) is 58.6 Å². The number of hydrogen-bond donors (Lipinski definition) is 0. The summed E-state index contributed by atoms with van der Waals surface area (Å²) in [6.07, 6.45) is 2.25. The quantitative estimate of drug-likeness (QED) is 0.454. The number of benzene rings is 2. The normalized spacial score (nSPS) is 21.0. The number of carbonyl (C=O) groups is 3. The molecule has 3 amide bonds. The third-order valence-corrected chi connectivity index (χ3v) is 9.74. The Labute approximate surface area is 255 Å². The Morgan fingerprint density at radius 1 is 0.905 bits per heavy atom. The third-order valence-electron chi connectivity index (χ3n) is 9.34. The smallest absolute Gasteiger partial charge is 0.253 e. The molecule has 8 nitrogen and oxygen atoms in total.